The number of rotatable bonds is 4. The summed E-state index contributed by atoms with van der Waals surface area (Å²) in [6.45, 7) is 4.34. The molecule has 0 amide bonds. The standard InChI is InChI=1S/C14H19FO2/c1-3-14(2)12(16)8-13(14)17-9-10-6-4-5-7-11(10)15/h4-7,12-13,16H,3,8-9H2,1-2H3. The second kappa shape index (κ2) is 4.75. The Labute approximate surface area is 101 Å². The van der Waals surface area contributed by atoms with E-state index in [1.807, 2.05) is 13.8 Å². The van der Waals surface area contributed by atoms with Gasteiger partial charge >= 0.3 is 0 Å². The molecule has 0 spiro atoms. The van der Waals surface area contributed by atoms with E-state index in [1.54, 1.807) is 18.2 Å². The van der Waals surface area contributed by atoms with Crippen LogP contribution in [0.2, 0.25) is 0 Å². The van der Waals surface area contributed by atoms with E-state index in [2.05, 4.69) is 0 Å². The van der Waals surface area contributed by atoms with Gasteiger partial charge in [-0.25, -0.2) is 4.39 Å². The molecule has 1 aromatic rings. The van der Waals surface area contributed by atoms with Crippen molar-refractivity contribution in [3.8, 4) is 0 Å². The smallest absolute Gasteiger partial charge is 0.128 e. The summed E-state index contributed by atoms with van der Waals surface area (Å²) in [6.07, 6.45) is 1.26. The van der Waals surface area contributed by atoms with Gasteiger partial charge < -0.3 is 9.84 Å². The SMILES string of the molecule is CCC1(C)C(O)CC1OCc1ccccc1F. The Morgan fingerprint density at radius 1 is 1.47 bits per heavy atom. The lowest BCUT2D eigenvalue weighted by Gasteiger charge is -2.50. The van der Waals surface area contributed by atoms with E-state index in [-0.39, 0.29) is 30.0 Å². The monoisotopic (exact) mass is 238 g/mol. The Bertz CT molecular complexity index is 394. The molecule has 3 unspecified atom stereocenters. The van der Waals surface area contributed by atoms with Crippen LogP contribution < -0.4 is 0 Å². The fraction of sp³-hybridized carbons (Fsp3) is 0.571. The third kappa shape index (κ3) is 2.22. The minimum Gasteiger partial charge on any atom is -0.392 e. The van der Waals surface area contributed by atoms with Gasteiger partial charge in [0, 0.05) is 17.4 Å². The number of ether oxygens (including phenoxy) is 1. The van der Waals surface area contributed by atoms with Crippen LogP contribution in [0.4, 0.5) is 4.39 Å². The van der Waals surface area contributed by atoms with Gasteiger partial charge in [-0.3, -0.25) is 0 Å². The fourth-order valence-corrected chi connectivity index (χ4v) is 2.32. The number of halogens is 1. The highest BCUT2D eigenvalue weighted by atomic mass is 19.1. The Morgan fingerprint density at radius 3 is 2.76 bits per heavy atom. The predicted octanol–water partition coefficient (Wildman–Crippen LogP) is 2.89. The van der Waals surface area contributed by atoms with Crippen LogP contribution in [-0.2, 0) is 11.3 Å². The van der Waals surface area contributed by atoms with Gasteiger partial charge in [-0.2, -0.15) is 0 Å². The normalized spacial score (nSPS) is 32.2. The van der Waals surface area contributed by atoms with Gasteiger partial charge in [-0.1, -0.05) is 32.0 Å². The molecule has 3 heteroatoms. The third-order valence-electron chi connectivity index (χ3n) is 4.09. The van der Waals surface area contributed by atoms with Crippen molar-refractivity contribution in [2.45, 2.75) is 45.5 Å². The fourth-order valence-electron chi connectivity index (χ4n) is 2.32. The molecular formula is C14H19FO2. The molecule has 3 atom stereocenters. The summed E-state index contributed by atoms with van der Waals surface area (Å²) >= 11 is 0. The van der Waals surface area contributed by atoms with Crippen molar-refractivity contribution in [1.29, 1.82) is 0 Å². The van der Waals surface area contributed by atoms with E-state index in [1.165, 1.54) is 6.07 Å². The van der Waals surface area contributed by atoms with Crippen molar-refractivity contribution in [2.24, 2.45) is 5.41 Å². The van der Waals surface area contributed by atoms with E-state index >= 15 is 0 Å². The molecule has 0 aliphatic heterocycles. The molecule has 0 heterocycles. The maximum Gasteiger partial charge on any atom is 0.128 e. The Kier molecular flexibility index (Phi) is 3.50. The van der Waals surface area contributed by atoms with Gasteiger partial charge in [-0.05, 0) is 12.5 Å². The summed E-state index contributed by atoms with van der Waals surface area (Å²) in [5, 5.41) is 9.74. The van der Waals surface area contributed by atoms with Gasteiger partial charge in [0.15, 0.2) is 0 Å². The zero-order valence-electron chi connectivity index (χ0n) is 10.3. The molecule has 17 heavy (non-hydrogen) atoms. The number of aliphatic hydroxyl groups is 1. The maximum absolute atomic E-state index is 13.4. The maximum atomic E-state index is 13.4. The first kappa shape index (κ1) is 12.5. The second-order valence-corrected chi connectivity index (χ2v) is 5.00. The Hall–Kier alpha value is -0.930. The summed E-state index contributed by atoms with van der Waals surface area (Å²) in [6, 6.07) is 6.64. The number of hydrogen-bond acceptors (Lipinski definition) is 2. The van der Waals surface area contributed by atoms with Crippen LogP contribution in [0, 0.1) is 11.2 Å². The summed E-state index contributed by atoms with van der Waals surface area (Å²) in [5.41, 5.74) is 0.401. The quantitative estimate of drug-likeness (QED) is 0.874. The second-order valence-electron chi connectivity index (χ2n) is 5.00. The zero-order chi connectivity index (χ0) is 12.5. The van der Waals surface area contributed by atoms with Crippen molar-refractivity contribution >= 4 is 0 Å². The van der Waals surface area contributed by atoms with E-state index in [0.717, 1.165) is 6.42 Å². The van der Waals surface area contributed by atoms with E-state index in [4.69, 9.17) is 4.74 Å². The molecule has 2 nitrogen and oxygen atoms in total. The Balaban J connectivity index is 1.94. The molecule has 1 aromatic carbocycles. The molecule has 1 aliphatic rings. The van der Waals surface area contributed by atoms with Crippen LogP contribution in [-0.4, -0.2) is 17.3 Å². The molecule has 0 radical (unpaired) electrons. The summed E-state index contributed by atoms with van der Waals surface area (Å²) in [5.74, 6) is -0.231. The van der Waals surface area contributed by atoms with Crippen LogP contribution in [0.25, 0.3) is 0 Å². The first-order valence-electron chi connectivity index (χ1n) is 6.11. The average molecular weight is 238 g/mol. The molecular weight excluding hydrogens is 219 g/mol. The van der Waals surface area contributed by atoms with Crippen molar-refractivity contribution < 1.29 is 14.2 Å². The minimum absolute atomic E-state index is 0.0297. The highest BCUT2D eigenvalue weighted by Crippen LogP contribution is 2.46. The minimum atomic E-state index is -0.293. The van der Waals surface area contributed by atoms with Gasteiger partial charge in [0.2, 0.25) is 0 Å². The van der Waals surface area contributed by atoms with E-state index in [9.17, 15) is 9.50 Å². The van der Waals surface area contributed by atoms with E-state index in [0.29, 0.717) is 12.0 Å². The molecule has 0 aromatic heterocycles. The van der Waals surface area contributed by atoms with Crippen molar-refractivity contribution in [2.75, 3.05) is 0 Å². The van der Waals surface area contributed by atoms with Gasteiger partial charge in [0.1, 0.15) is 5.82 Å². The van der Waals surface area contributed by atoms with Crippen LogP contribution in [0.1, 0.15) is 32.3 Å². The molecule has 1 N–H and O–H groups in total. The van der Waals surface area contributed by atoms with Crippen LogP contribution in [0.3, 0.4) is 0 Å². The Morgan fingerprint density at radius 2 is 2.18 bits per heavy atom. The molecule has 0 bridgehead atoms. The highest BCUT2D eigenvalue weighted by molar-refractivity contribution is 5.16. The van der Waals surface area contributed by atoms with Gasteiger partial charge in [-0.15, -0.1) is 0 Å². The molecule has 1 aliphatic carbocycles. The van der Waals surface area contributed by atoms with Crippen molar-refractivity contribution in [1.82, 2.24) is 0 Å². The zero-order valence-corrected chi connectivity index (χ0v) is 10.3. The lowest BCUT2D eigenvalue weighted by Crippen LogP contribution is -2.55. The van der Waals surface area contributed by atoms with Crippen LogP contribution >= 0.6 is 0 Å². The topological polar surface area (TPSA) is 29.5 Å². The summed E-state index contributed by atoms with van der Waals surface area (Å²) in [4.78, 5) is 0. The molecule has 1 fully saturated rings. The van der Waals surface area contributed by atoms with Crippen LogP contribution in [0.15, 0.2) is 24.3 Å². The number of hydrogen-bond donors (Lipinski definition) is 1. The number of aliphatic hydroxyl groups excluding tert-OH is 1. The predicted molar refractivity (Wildman–Crippen MR) is 64.0 cm³/mol. The van der Waals surface area contributed by atoms with E-state index < -0.39 is 0 Å². The van der Waals surface area contributed by atoms with Gasteiger partial charge in [0.05, 0.1) is 18.8 Å². The molecule has 0 saturated heterocycles. The summed E-state index contributed by atoms with van der Waals surface area (Å²) in [7, 11) is 0. The highest BCUT2D eigenvalue weighted by Gasteiger charge is 2.50. The van der Waals surface area contributed by atoms with Crippen LogP contribution in [0.5, 0.6) is 0 Å². The lowest BCUT2D eigenvalue weighted by atomic mass is 9.63. The van der Waals surface area contributed by atoms with Gasteiger partial charge in [0.25, 0.3) is 0 Å². The first-order chi connectivity index (χ1) is 8.08. The largest absolute Gasteiger partial charge is 0.392 e. The number of benzene rings is 1. The molecule has 94 valence electrons. The van der Waals surface area contributed by atoms with Crippen molar-refractivity contribution in [3.63, 3.8) is 0 Å². The lowest BCUT2D eigenvalue weighted by molar-refractivity contribution is -0.190. The summed E-state index contributed by atoms with van der Waals surface area (Å²) < 4.78 is 19.1. The molecule has 2 rings (SSSR count). The third-order valence-corrected chi connectivity index (χ3v) is 4.09. The molecule has 1 saturated carbocycles. The first-order valence-corrected chi connectivity index (χ1v) is 6.11. The van der Waals surface area contributed by atoms with Crippen molar-refractivity contribution in [3.05, 3.63) is 35.6 Å². The average Bonchev–Trinajstić information content (AvgIpc) is 2.35.